The number of rotatable bonds is 7. The molecule has 31 heavy (non-hydrogen) atoms. The second-order valence-corrected chi connectivity index (χ2v) is 7.72. The van der Waals surface area contributed by atoms with Crippen molar-refractivity contribution in [2.24, 2.45) is 10.9 Å². The van der Waals surface area contributed by atoms with Gasteiger partial charge in [-0.25, -0.2) is 0 Å². The molecule has 2 aromatic carbocycles. The molecule has 0 bridgehead atoms. The van der Waals surface area contributed by atoms with Gasteiger partial charge in [-0.1, -0.05) is 18.2 Å². The van der Waals surface area contributed by atoms with Crippen LogP contribution in [0.1, 0.15) is 25.3 Å². The predicted octanol–water partition coefficient (Wildman–Crippen LogP) is 4.07. The number of anilines is 2. The van der Waals surface area contributed by atoms with Gasteiger partial charge in [-0.3, -0.25) is 4.99 Å². The molecule has 6 heteroatoms. The lowest BCUT2D eigenvalue weighted by Crippen LogP contribution is -2.29. The molecular weight excluding hydrogens is 388 g/mol. The van der Waals surface area contributed by atoms with E-state index in [1.165, 1.54) is 30.3 Å². The normalized spacial score (nSPS) is 14.5. The fourth-order valence-electron chi connectivity index (χ4n) is 3.48. The van der Waals surface area contributed by atoms with Crippen LogP contribution < -0.4 is 20.2 Å². The van der Waals surface area contributed by atoms with Crippen molar-refractivity contribution >= 4 is 30.4 Å². The summed E-state index contributed by atoms with van der Waals surface area (Å²) in [5.41, 5.74) is 3.54. The van der Waals surface area contributed by atoms with E-state index in [4.69, 9.17) is 4.74 Å². The predicted molar refractivity (Wildman–Crippen MR) is 125 cm³/mol. The number of aryl methyl sites for hydroxylation is 1. The van der Waals surface area contributed by atoms with E-state index >= 15 is 0 Å². The van der Waals surface area contributed by atoms with Crippen LogP contribution in [0.3, 0.4) is 0 Å². The Bertz CT molecular complexity index is 1200. The van der Waals surface area contributed by atoms with Crippen LogP contribution in [0, 0.1) is 12.8 Å². The maximum atomic E-state index is 10.2. The molecule has 158 valence electrons. The maximum Gasteiger partial charge on any atom is 0.325 e. The standard InChI is InChI=1S/C25H26N4O2/c1-4-22-23(15-26-3)27-25(28-24(22)30)31-21-12-10-19(11-13-21)29(16-18-8-9-18)20-7-5-6-17(2)14-20/h4-7,10-15,18H,3,8-9,16H2,1-2H3,(H,27,28,30)/b22-4+,23-15+. The molecule has 1 aliphatic carbocycles. The molecule has 0 radical (unpaired) electrons. The average Bonchev–Trinajstić information content (AvgIpc) is 3.57. The highest BCUT2D eigenvalue weighted by Crippen LogP contribution is 2.36. The number of aliphatic imine (C=N–C) groups is 1. The number of ether oxygens (including phenoxy) is 1. The molecule has 0 saturated heterocycles. The molecule has 0 amide bonds. The third-order valence-corrected chi connectivity index (χ3v) is 5.25. The molecule has 0 atom stereocenters. The Morgan fingerprint density at radius 3 is 2.58 bits per heavy atom. The van der Waals surface area contributed by atoms with Gasteiger partial charge >= 0.3 is 6.01 Å². The van der Waals surface area contributed by atoms with Gasteiger partial charge in [0.25, 0.3) is 0 Å². The van der Waals surface area contributed by atoms with Crippen LogP contribution in [-0.4, -0.2) is 28.3 Å². The molecule has 6 nitrogen and oxygen atoms in total. The van der Waals surface area contributed by atoms with Crippen molar-refractivity contribution < 1.29 is 9.84 Å². The van der Waals surface area contributed by atoms with E-state index in [9.17, 15) is 5.11 Å². The molecule has 1 aliphatic rings. The van der Waals surface area contributed by atoms with Crippen molar-refractivity contribution in [3.8, 4) is 17.6 Å². The Labute approximate surface area is 181 Å². The number of hydrogen-bond donors (Lipinski definition) is 1. The Balaban J connectivity index is 1.60. The lowest BCUT2D eigenvalue weighted by Gasteiger charge is -2.25. The van der Waals surface area contributed by atoms with Gasteiger partial charge in [0, 0.05) is 17.9 Å². The summed E-state index contributed by atoms with van der Waals surface area (Å²) in [7, 11) is 0. The summed E-state index contributed by atoms with van der Waals surface area (Å²) in [4.78, 5) is 14.5. The van der Waals surface area contributed by atoms with Gasteiger partial charge < -0.3 is 14.7 Å². The van der Waals surface area contributed by atoms with Gasteiger partial charge in [0.05, 0.1) is 16.8 Å². The summed E-state index contributed by atoms with van der Waals surface area (Å²) in [5.74, 6) is 1.17. The van der Waals surface area contributed by atoms with Gasteiger partial charge in [0.1, 0.15) is 5.75 Å². The zero-order valence-electron chi connectivity index (χ0n) is 17.8. The molecule has 0 unspecified atom stereocenters. The van der Waals surface area contributed by atoms with E-state index in [1.54, 1.807) is 13.0 Å². The highest BCUT2D eigenvalue weighted by molar-refractivity contribution is 5.64. The van der Waals surface area contributed by atoms with Gasteiger partial charge in [-0.2, -0.15) is 9.97 Å². The first kappa shape index (κ1) is 20.6. The Morgan fingerprint density at radius 2 is 1.94 bits per heavy atom. The Hall–Kier alpha value is -3.67. The molecule has 1 N–H and O–H groups in total. The first-order chi connectivity index (χ1) is 15.1. The Morgan fingerprint density at radius 1 is 1.16 bits per heavy atom. The van der Waals surface area contributed by atoms with Crippen molar-refractivity contribution in [1.82, 2.24) is 9.97 Å². The van der Waals surface area contributed by atoms with Gasteiger partial charge in [-0.05, 0) is 81.3 Å². The highest BCUT2D eigenvalue weighted by atomic mass is 16.5. The minimum atomic E-state index is -0.158. The van der Waals surface area contributed by atoms with E-state index in [-0.39, 0.29) is 11.9 Å². The van der Waals surface area contributed by atoms with E-state index < -0.39 is 0 Å². The molecule has 1 heterocycles. The number of hydrogen-bond acceptors (Lipinski definition) is 6. The van der Waals surface area contributed by atoms with Crippen molar-refractivity contribution in [3.05, 3.63) is 64.7 Å². The van der Waals surface area contributed by atoms with Crippen LogP contribution in [0.2, 0.25) is 0 Å². The van der Waals surface area contributed by atoms with Crippen LogP contribution in [0.5, 0.6) is 17.6 Å². The van der Waals surface area contributed by atoms with Crippen LogP contribution in [0.15, 0.2) is 53.5 Å². The smallest absolute Gasteiger partial charge is 0.325 e. The maximum absolute atomic E-state index is 10.2. The van der Waals surface area contributed by atoms with Crippen LogP contribution in [-0.2, 0) is 0 Å². The zero-order valence-corrected chi connectivity index (χ0v) is 17.8. The van der Waals surface area contributed by atoms with Crippen LogP contribution in [0.25, 0.3) is 12.3 Å². The van der Waals surface area contributed by atoms with Gasteiger partial charge in [0.15, 0.2) is 0 Å². The minimum Gasteiger partial charge on any atom is -0.493 e. The van der Waals surface area contributed by atoms with Crippen LogP contribution >= 0.6 is 0 Å². The molecule has 1 aromatic heterocycles. The van der Waals surface area contributed by atoms with Crippen molar-refractivity contribution in [2.45, 2.75) is 26.7 Å². The quantitative estimate of drug-likeness (QED) is 0.590. The van der Waals surface area contributed by atoms with Crippen LogP contribution in [0.4, 0.5) is 11.4 Å². The highest BCUT2D eigenvalue weighted by Gasteiger charge is 2.25. The van der Waals surface area contributed by atoms with Crippen molar-refractivity contribution in [1.29, 1.82) is 0 Å². The topological polar surface area (TPSA) is 70.8 Å². The molecule has 1 fully saturated rings. The fraction of sp³-hybridized carbons (Fsp3) is 0.240. The average molecular weight is 415 g/mol. The SMILES string of the molecule is C=N/C=c1/nc(Oc2ccc(N(CC3CC3)c3cccc(C)c3)cc2)nc(O)/c1=C/C. The van der Waals surface area contributed by atoms with E-state index in [0.29, 0.717) is 16.3 Å². The minimum absolute atomic E-state index is 0.0549. The lowest BCUT2D eigenvalue weighted by molar-refractivity contribution is 0.400. The number of aromatic hydroxyl groups is 1. The first-order valence-corrected chi connectivity index (χ1v) is 10.4. The summed E-state index contributed by atoms with van der Waals surface area (Å²) in [6, 6.07) is 16.5. The number of aromatic nitrogens is 2. The summed E-state index contributed by atoms with van der Waals surface area (Å²) >= 11 is 0. The summed E-state index contributed by atoms with van der Waals surface area (Å²) < 4.78 is 5.80. The molecular formula is C25H26N4O2. The zero-order chi connectivity index (χ0) is 21.8. The van der Waals surface area contributed by atoms with E-state index in [0.717, 1.165) is 18.2 Å². The summed E-state index contributed by atoms with van der Waals surface area (Å²) in [6.45, 7) is 8.36. The monoisotopic (exact) mass is 414 g/mol. The molecule has 4 rings (SSSR count). The second kappa shape index (κ2) is 9.00. The van der Waals surface area contributed by atoms with Gasteiger partial charge in [-0.15, -0.1) is 0 Å². The Kier molecular flexibility index (Phi) is 5.98. The summed E-state index contributed by atoms with van der Waals surface area (Å²) in [5, 5.41) is 11.1. The lowest BCUT2D eigenvalue weighted by atomic mass is 10.1. The van der Waals surface area contributed by atoms with E-state index in [2.05, 4.69) is 57.8 Å². The van der Waals surface area contributed by atoms with Gasteiger partial charge in [0.2, 0.25) is 5.88 Å². The molecule has 1 saturated carbocycles. The fourth-order valence-corrected chi connectivity index (χ4v) is 3.48. The van der Waals surface area contributed by atoms with Crippen molar-refractivity contribution in [3.63, 3.8) is 0 Å². The second-order valence-electron chi connectivity index (χ2n) is 7.72. The molecule has 3 aromatic rings. The van der Waals surface area contributed by atoms with E-state index in [1.807, 2.05) is 24.3 Å². The third kappa shape index (κ3) is 4.91. The summed E-state index contributed by atoms with van der Waals surface area (Å²) in [6.07, 6.45) is 5.75. The largest absolute Gasteiger partial charge is 0.493 e. The number of benzene rings is 2. The van der Waals surface area contributed by atoms with Crippen molar-refractivity contribution in [2.75, 3.05) is 11.4 Å². The molecule has 0 aliphatic heterocycles. The first-order valence-electron chi connectivity index (χ1n) is 10.4. The molecule has 0 spiro atoms. The number of nitrogens with zero attached hydrogens (tertiary/aromatic N) is 4. The third-order valence-electron chi connectivity index (χ3n) is 5.25.